The van der Waals surface area contributed by atoms with Crippen LogP contribution in [0.1, 0.15) is 24.2 Å². The Labute approximate surface area is 170 Å². The van der Waals surface area contributed by atoms with Crippen molar-refractivity contribution >= 4 is 21.9 Å². The Kier molecular flexibility index (Phi) is 7.69. The third-order valence-electron chi connectivity index (χ3n) is 4.45. The van der Waals surface area contributed by atoms with Crippen LogP contribution in [0.4, 0.5) is 0 Å². The van der Waals surface area contributed by atoms with Crippen molar-refractivity contribution in [1.29, 1.82) is 0 Å². The van der Waals surface area contributed by atoms with Crippen molar-refractivity contribution in [2.75, 3.05) is 27.7 Å². The molecular weight excluding hydrogens is 368 g/mol. The first kappa shape index (κ1) is 22.3. The number of H-pyrrole nitrogens is 1. The molecule has 1 aromatic carbocycles. The van der Waals surface area contributed by atoms with Gasteiger partial charge in [0, 0.05) is 28.0 Å². The first-order valence-corrected chi connectivity index (χ1v) is 9.48. The van der Waals surface area contributed by atoms with Gasteiger partial charge in [-0.3, -0.25) is 0 Å². The molecule has 4 N–H and O–H groups in total. The molecule has 0 saturated heterocycles. The van der Waals surface area contributed by atoms with E-state index in [1.165, 1.54) is 7.05 Å². The van der Waals surface area contributed by atoms with Gasteiger partial charge in [0.25, 0.3) is 0 Å². The van der Waals surface area contributed by atoms with Crippen molar-refractivity contribution < 1.29 is 9.26 Å². The number of benzene rings is 1. The lowest BCUT2D eigenvalue weighted by Gasteiger charge is -2.08. The number of nitrogens with one attached hydrogen (secondary N) is 2. The number of aromatic amines is 1. The van der Waals surface area contributed by atoms with E-state index in [1.807, 2.05) is 40.1 Å². The van der Waals surface area contributed by atoms with E-state index in [4.69, 9.17) is 9.26 Å². The first-order chi connectivity index (χ1) is 14.0. The summed E-state index contributed by atoms with van der Waals surface area (Å²) in [7, 11) is 5.10. The van der Waals surface area contributed by atoms with Gasteiger partial charge in [0.15, 0.2) is 0 Å². The van der Waals surface area contributed by atoms with Gasteiger partial charge in [-0.2, -0.15) is 0 Å². The highest BCUT2D eigenvalue weighted by atomic mass is 16.5. The van der Waals surface area contributed by atoms with E-state index in [0.717, 1.165) is 62.6 Å². The minimum Gasteiger partial charge on any atom is -0.496 e. The zero-order valence-electron chi connectivity index (χ0n) is 18.2. The van der Waals surface area contributed by atoms with Gasteiger partial charge in [-0.1, -0.05) is 12.1 Å². The van der Waals surface area contributed by atoms with Gasteiger partial charge >= 0.3 is 0 Å². The van der Waals surface area contributed by atoms with Crippen LogP contribution in [0, 0.1) is 20.8 Å². The summed E-state index contributed by atoms with van der Waals surface area (Å²) in [4.78, 5) is 12.1. The molecule has 8 heteroatoms. The van der Waals surface area contributed by atoms with Crippen LogP contribution in [0.15, 0.2) is 22.9 Å². The molecule has 4 aromatic rings. The molecule has 0 bridgehead atoms. The fraction of sp³-hybridized carbons (Fsp3) is 0.381. The van der Waals surface area contributed by atoms with Crippen molar-refractivity contribution in [3.05, 3.63) is 35.6 Å². The average Bonchev–Trinajstić information content (AvgIpc) is 3.26. The Bertz CT molecular complexity index is 1060. The summed E-state index contributed by atoms with van der Waals surface area (Å²) >= 11 is 0. The summed E-state index contributed by atoms with van der Waals surface area (Å²) in [5.74, 6) is 2.28. The van der Waals surface area contributed by atoms with E-state index in [-0.39, 0.29) is 0 Å². The lowest BCUT2D eigenvalue weighted by Crippen LogP contribution is -2.01. The standard InChI is InChI=1S/C17H16N4O2.C3H9N.CH5N/c1-8-16(9(2)23-21-8)12-5-14-11(6-15(12)22-4)13-7-18-10(3)19-17(13)20-14;1-3-4-2;1-2/h5-7H,1-4H3,(H,18,19,20);4H,3H2,1-2H3;2H2,1H3. The molecule has 0 atom stereocenters. The molecule has 0 fully saturated rings. The van der Waals surface area contributed by atoms with Gasteiger partial charge in [-0.05, 0) is 53.5 Å². The summed E-state index contributed by atoms with van der Waals surface area (Å²) in [5.41, 5.74) is 9.06. The van der Waals surface area contributed by atoms with Crippen LogP contribution in [0.5, 0.6) is 5.75 Å². The normalized spacial score (nSPS) is 10.3. The molecule has 0 aliphatic rings. The first-order valence-electron chi connectivity index (χ1n) is 9.48. The minimum atomic E-state index is 0.738. The number of fused-ring (bicyclic) bond motifs is 3. The van der Waals surface area contributed by atoms with Crippen molar-refractivity contribution in [2.45, 2.75) is 27.7 Å². The average molecular weight is 399 g/mol. The molecule has 0 spiro atoms. The number of rotatable bonds is 3. The largest absolute Gasteiger partial charge is 0.496 e. The summed E-state index contributed by atoms with van der Waals surface area (Å²) in [5, 5.41) is 8.99. The summed E-state index contributed by atoms with van der Waals surface area (Å²) < 4.78 is 10.9. The molecule has 0 radical (unpaired) electrons. The van der Waals surface area contributed by atoms with Crippen LogP contribution in [-0.4, -0.2) is 47.9 Å². The SMILES string of the molecule is CCNC.CN.COc1cc2c(cc1-c1c(C)noc1C)[nH]c1nc(C)ncc12. The second kappa shape index (κ2) is 9.99. The number of hydrogen-bond acceptors (Lipinski definition) is 7. The number of methoxy groups -OCH3 is 1. The van der Waals surface area contributed by atoms with Crippen LogP contribution in [0.3, 0.4) is 0 Å². The Morgan fingerprint density at radius 1 is 1.17 bits per heavy atom. The quantitative estimate of drug-likeness (QED) is 0.484. The van der Waals surface area contributed by atoms with Gasteiger partial charge < -0.3 is 25.3 Å². The smallest absolute Gasteiger partial charge is 0.142 e. The van der Waals surface area contributed by atoms with E-state index in [9.17, 15) is 0 Å². The summed E-state index contributed by atoms with van der Waals surface area (Å²) in [6.45, 7) is 8.84. The molecule has 0 unspecified atom stereocenters. The van der Waals surface area contributed by atoms with Crippen molar-refractivity contribution in [1.82, 2.24) is 25.4 Å². The number of aromatic nitrogens is 4. The molecule has 3 aromatic heterocycles. The van der Waals surface area contributed by atoms with Gasteiger partial charge in [0.05, 0.1) is 18.4 Å². The van der Waals surface area contributed by atoms with E-state index in [0.29, 0.717) is 0 Å². The van der Waals surface area contributed by atoms with Crippen LogP contribution >= 0.6 is 0 Å². The van der Waals surface area contributed by atoms with Crippen molar-refractivity contribution in [3.8, 4) is 16.9 Å². The molecular formula is C21H30N6O2. The van der Waals surface area contributed by atoms with Gasteiger partial charge in [-0.15, -0.1) is 0 Å². The van der Waals surface area contributed by atoms with Gasteiger partial charge in [-0.25, -0.2) is 9.97 Å². The maximum atomic E-state index is 5.61. The number of nitrogens with two attached hydrogens (primary N) is 1. The molecule has 8 nitrogen and oxygen atoms in total. The van der Waals surface area contributed by atoms with Gasteiger partial charge in [0.2, 0.25) is 0 Å². The Hall–Kier alpha value is -2.97. The fourth-order valence-electron chi connectivity index (χ4n) is 3.03. The predicted octanol–water partition coefficient (Wildman–Crippen LogP) is 3.50. The molecule has 0 aliphatic carbocycles. The van der Waals surface area contributed by atoms with Crippen LogP contribution in [-0.2, 0) is 0 Å². The van der Waals surface area contributed by atoms with Crippen LogP contribution < -0.4 is 15.8 Å². The van der Waals surface area contributed by atoms with E-state index >= 15 is 0 Å². The highest BCUT2D eigenvalue weighted by molar-refractivity contribution is 6.07. The van der Waals surface area contributed by atoms with Gasteiger partial charge in [0.1, 0.15) is 23.0 Å². The molecule has 3 heterocycles. The molecule has 0 amide bonds. The minimum absolute atomic E-state index is 0.738. The van der Waals surface area contributed by atoms with Crippen LogP contribution in [0.25, 0.3) is 33.1 Å². The molecule has 29 heavy (non-hydrogen) atoms. The van der Waals surface area contributed by atoms with E-state index in [1.54, 1.807) is 7.11 Å². The third kappa shape index (κ3) is 4.55. The zero-order valence-corrected chi connectivity index (χ0v) is 18.2. The fourth-order valence-corrected chi connectivity index (χ4v) is 3.03. The lowest BCUT2D eigenvalue weighted by atomic mass is 10.0. The van der Waals surface area contributed by atoms with E-state index in [2.05, 4.69) is 44.1 Å². The second-order valence-electron chi connectivity index (χ2n) is 6.31. The molecule has 4 rings (SSSR count). The Morgan fingerprint density at radius 3 is 2.41 bits per heavy atom. The number of hydrogen-bond donors (Lipinski definition) is 3. The number of ether oxygens (including phenoxy) is 1. The summed E-state index contributed by atoms with van der Waals surface area (Å²) in [6, 6.07) is 4.06. The highest BCUT2D eigenvalue weighted by Gasteiger charge is 2.18. The molecule has 156 valence electrons. The lowest BCUT2D eigenvalue weighted by molar-refractivity contribution is 0.393. The molecule has 0 aliphatic heterocycles. The second-order valence-corrected chi connectivity index (χ2v) is 6.31. The maximum absolute atomic E-state index is 5.61. The summed E-state index contributed by atoms with van der Waals surface area (Å²) in [6.07, 6.45) is 1.84. The number of nitrogens with zero attached hydrogens (tertiary/aromatic N) is 3. The predicted molar refractivity (Wildman–Crippen MR) is 117 cm³/mol. The topological polar surface area (TPSA) is 115 Å². The van der Waals surface area contributed by atoms with Crippen LogP contribution in [0.2, 0.25) is 0 Å². The molecule has 0 saturated carbocycles. The maximum Gasteiger partial charge on any atom is 0.142 e. The highest BCUT2D eigenvalue weighted by Crippen LogP contribution is 2.39. The third-order valence-corrected chi connectivity index (χ3v) is 4.45. The van der Waals surface area contributed by atoms with Crippen molar-refractivity contribution in [2.24, 2.45) is 5.73 Å². The van der Waals surface area contributed by atoms with E-state index < -0.39 is 0 Å². The Balaban J connectivity index is 0.000000449. The zero-order chi connectivity index (χ0) is 21.6. The number of aryl methyl sites for hydroxylation is 3. The Morgan fingerprint density at radius 2 is 1.86 bits per heavy atom. The monoisotopic (exact) mass is 398 g/mol. The van der Waals surface area contributed by atoms with Crippen molar-refractivity contribution in [3.63, 3.8) is 0 Å².